The first kappa shape index (κ1) is 29.8. The van der Waals surface area contributed by atoms with Crippen molar-refractivity contribution in [1.29, 1.82) is 0 Å². The van der Waals surface area contributed by atoms with E-state index < -0.39 is 12.3 Å². The second-order valence-corrected chi connectivity index (χ2v) is 9.20. The van der Waals surface area contributed by atoms with Crippen LogP contribution in [0.15, 0.2) is 65.0 Å². The first-order valence-corrected chi connectivity index (χ1v) is 12.1. The molecule has 0 heterocycles. The van der Waals surface area contributed by atoms with Gasteiger partial charge in [-0.2, -0.15) is 0 Å². The molecule has 37 heavy (non-hydrogen) atoms. The Bertz CT molecular complexity index is 1100. The average Bonchev–Trinajstić information content (AvgIpc) is 2.85. The van der Waals surface area contributed by atoms with E-state index in [2.05, 4.69) is 11.7 Å². The van der Waals surface area contributed by atoms with Crippen molar-refractivity contribution in [3.05, 3.63) is 76.2 Å². The summed E-state index contributed by atoms with van der Waals surface area (Å²) in [7, 11) is 3.13. The summed E-state index contributed by atoms with van der Waals surface area (Å²) >= 11 is 6.04. The molecule has 2 aromatic carbocycles. The van der Waals surface area contributed by atoms with Gasteiger partial charge in [0, 0.05) is 38.6 Å². The van der Waals surface area contributed by atoms with Crippen LogP contribution in [-0.4, -0.2) is 67.0 Å². The van der Waals surface area contributed by atoms with Crippen molar-refractivity contribution in [2.24, 2.45) is 4.99 Å². The maximum absolute atomic E-state index is 13.6. The number of hydrogen-bond acceptors (Lipinski definition) is 5. The maximum atomic E-state index is 13.6. The largest absolute Gasteiger partial charge is 0.473 e. The minimum atomic E-state index is -2.87. The van der Waals surface area contributed by atoms with E-state index >= 15 is 0 Å². The number of hydrogen-bond donors (Lipinski definition) is 0. The molecule has 0 saturated carbocycles. The lowest BCUT2D eigenvalue weighted by Crippen LogP contribution is -2.40. The number of likely N-dealkylation sites (N-methyl/N-ethyl adjacent to an activating group) is 1. The monoisotopic (exact) mass is 534 g/mol. The third-order valence-corrected chi connectivity index (χ3v) is 5.62. The fraction of sp³-hybridized carbons (Fsp3) is 0.370. The van der Waals surface area contributed by atoms with Crippen LogP contribution < -0.4 is 4.74 Å². The zero-order chi connectivity index (χ0) is 27.6. The minimum absolute atomic E-state index is 0.0555. The van der Waals surface area contributed by atoms with E-state index in [1.807, 2.05) is 19.1 Å². The molecule has 0 bridgehead atoms. The average molecular weight is 535 g/mol. The van der Waals surface area contributed by atoms with E-state index in [0.29, 0.717) is 29.3 Å². The van der Waals surface area contributed by atoms with Gasteiger partial charge in [0.25, 0.3) is 5.91 Å². The minimum Gasteiger partial charge on any atom is -0.473 e. The van der Waals surface area contributed by atoms with Gasteiger partial charge in [-0.3, -0.25) is 9.59 Å². The molecule has 2 aromatic rings. The lowest BCUT2D eigenvalue weighted by atomic mass is 10.1. The number of ether oxygens (including phenoxy) is 1. The summed E-state index contributed by atoms with van der Waals surface area (Å²) in [4.78, 5) is 33.5. The van der Waals surface area contributed by atoms with Gasteiger partial charge >= 0.3 is 0 Å². The Kier molecular flexibility index (Phi) is 11.1. The molecule has 2 rings (SSSR count). The lowest BCUT2D eigenvalue weighted by molar-refractivity contribution is -0.128. The number of nitrogens with zero attached hydrogens (tertiary/aromatic N) is 4. The summed E-state index contributed by atoms with van der Waals surface area (Å²) in [6, 6.07) is 13.5. The number of amides is 2. The van der Waals surface area contributed by atoms with Crippen molar-refractivity contribution < 1.29 is 23.1 Å². The Morgan fingerprint density at radius 2 is 1.84 bits per heavy atom. The molecule has 10 heteroatoms. The van der Waals surface area contributed by atoms with Crippen molar-refractivity contribution in [3.8, 4) is 5.75 Å². The van der Waals surface area contributed by atoms with Gasteiger partial charge in [0.15, 0.2) is 12.6 Å². The fourth-order valence-corrected chi connectivity index (χ4v) is 3.78. The van der Waals surface area contributed by atoms with E-state index in [4.69, 9.17) is 16.3 Å². The molecular weight excluding hydrogens is 502 g/mol. The van der Waals surface area contributed by atoms with Crippen LogP contribution >= 0.6 is 11.6 Å². The molecule has 0 aliphatic carbocycles. The van der Waals surface area contributed by atoms with Crippen molar-refractivity contribution in [2.75, 3.05) is 27.4 Å². The van der Waals surface area contributed by atoms with E-state index in [-0.39, 0.29) is 30.7 Å². The van der Waals surface area contributed by atoms with Crippen LogP contribution in [0, 0.1) is 0 Å². The number of benzene rings is 2. The van der Waals surface area contributed by atoms with E-state index in [1.54, 1.807) is 42.3 Å². The van der Waals surface area contributed by atoms with Crippen LogP contribution in [0.2, 0.25) is 5.02 Å². The smallest absolute Gasteiger partial charge is 0.273 e. The molecule has 0 aliphatic rings. The molecule has 0 unspecified atom stereocenters. The molecule has 0 aromatic heterocycles. The van der Waals surface area contributed by atoms with E-state index in [9.17, 15) is 18.4 Å². The highest BCUT2D eigenvalue weighted by Crippen LogP contribution is 2.24. The zero-order valence-corrected chi connectivity index (χ0v) is 22.3. The lowest BCUT2D eigenvalue weighted by Gasteiger charge is -2.31. The van der Waals surface area contributed by atoms with Crippen molar-refractivity contribution in [1.82, 2.24) is 14.7 Å². The normalized spacial score (nSPS) is 11.9. The van der Waals surface area contributed by atoms with Crippen molar-refractivity contribution >= 4 is 30.6 Å². The first-order chi connectivity index (χ1) is 17.5. The number of carbonyl (C=O) groups is 2. The fourth-order valence-electron chi connectivity index (χ4n) is 3.65. The standard InChI is InChI=1S/C27H33ClF2N4O3/c1-6-14-32(4)26(36)24(25(31-3)33(5)18-35)34(17-20-10-12-22(28)13-11-20)19-37-23-9-7-8-21(15-23)16-27(2,29)30/h7-13,15,18H,3,6,14,16-17,19H2,1-2,4-5H3/b25-24+. The number of aliphatic imine (C=N–C) groups is 1. The third kappa shape index (κ3) is 9.17. The van der Waals surface area contributed by atoms with Crippen LogP contribution in [0.4, 0.5) is 8.78 Å². The number of alkyl halides is 2. The summed E-state index contributed by atoms with van der Waals surface area (Å²) in [6.45, 7) is 6.91. The van der Waals surface area contributed by atoms with Crippen LogP contribution in [0.1, 0.15) is 31.4 Å². The molecule has 200 valence electrons. The van der Waals surface area contributed by atoms with Gasteiger partial charge in [-0.05, 0) is 55.5 Å². The first-order valence-electron chi connectivity index (χ1n) is 11.7. The predicted molar refractivity (Wildman–Crippen MR) is 142 cm³/mol. The molecule has 0 atom stereocenters. The van der Waals surface area contributed by atoms with Crippen LogP contribution in [-0.2, 0) is 22.6 Å². The van der Waals surface area contributed by atoms with Crippen molar-refractivity contribution in [3.63, 3.8) is 0 Å². The van der Waals surface area contributed by atoms with Crippen LogP contribution in [0.5, 0.6) is 5.75 Å². The summed E-state index contributed by atoms with van der Waals surface area (Å²) in [5, 5.41) is 0.555. The Morgan fingerprint density at radius 1 is 1.16 bits per heavy atom. The SMILES string of the molecule is C=N/C(=C(/C(=O)N(C)CCC)N(COc1cccc(CC(C)(F)F)c1)Cc1ccc(Cl)cc1)N(C)C=O. The molecule has 0 N–H and O–H groups in total. The Hall–Kier alpha value is -3.46. The van der Waals surface area contributed by atoms with Gasteiger partial charge < -0.3 is 19.4 Å². The molecule has 2 amide bonds. The molecule has 0 fully saturated rings. The Morgan fingerprint density at radius 3 is 2.41 bits per heavy atom. The maximum Gasteiger partial charge on any atom is 0.273 e. The van der Waals surface area contributed by atoms with Gasteiger partial charge in [-0.15, -0.1) is 0 Å². The molecular formula is C27H33ClF2N4O3. The number of halogens is 3. The van der Waals surface area contributed by atoms with E-state index in [1.165, 1.54) is 22.9 Å². The van der Waals surface area contributed by atoms with Crippen molar-refractivity contribution in [2.45, 2.75) is 39.2 Å². The summed E-state index contributed by atoms with van der Waals surface area (Å²) in [6.07, 6.45) is 0.823. The van der Waals surface area contributed by atoms with Gasteiger partial charge in [0.05, 0.1) is 0 Å². The molecule has 0 spiro atoms. The predicted octanol–water partition coefficient (Wildman–Crippen LogP) is 5.20. The van der Waals surface area contributed by atoms with Crippen LogP contribution in [0.25, 0.3) is 0 Å². The molecule has 7 nitrogen and oxygen atoms in total. The topological polar surface area (TPSA) is 65.5 Å². The zero-order valence-electron chi connectivity index (χ0n) is 21.6. The summed E-state index contributed by atoms with van der Waals surface area (Å²) < 4.78 is 33.1. The Labute approximate surface area is 222 Å². The quantitative estimate of drug-likeness (QED) is 0.145. The molecule has 0 radical (unpaired) electrons. The molecule has 0 saturated heterocycles. The van der Waals surface area contributed by atoms with Gasteiger partial charge in [-0.25, -0.2) is 13.8 Å². The molecule has 0 aliphatic heterocycles. The Balaban J connectivity index is 2.52. The third-order valence-electron chi connectivity index (χ3n) is 5.37. The second-order valence-electron chi connectivity index (χ2n) is 8.77. The van der Waals surface area contributed by atoms with Gasteiger partial charge in [-0.1, -0.05) is 42.8 Å². The highest BCUT2D eigenvalue weighted by molar-refractivity contribution is 6.30. The number of carbonyl (C=O) groups excluding carboxylic acids is 2. The summed E-state index contributed by atoms with van der Waals surface area (Å²) in [5.74, 6) is -2.83. The number of rotatable bonds is 14. The van der Waals surface area contributed by atoms with Gasteiger partial charge in [0.2, 0.25) is 12.3 Å². The highest BCUT2D eigenvalue weighted by atomic mass is 35.5. The highest BCUT2D eigenvalue weighted by Gasteiger charge is 2.28. The van der Waals surface area contributed by atoms with E-state index in [0.717, 1.165) is 18.9 Å². The van der Waals surface area contributed by atoms with Gasteiger partial charge in [0.1, 0.15) is 11.4 Å². The van der Waals surface area contributed by atoms with Crippen LogP contribution in [0.3, 0.4) is 0 Å². The second kappa shape index (κ2) is 13.7. The summed E-state index contributed by atoms with van der Waals surface area (Å²) in [5.41, 5.74) is 1.33.